The monoisotopic (exact) mass is 469 g/mol. The van der Waals surface area contributed by atoms with Crippen molar-refractivity contribution in [1.29, 1.82) is 0 Å². The van der Waals surface area contributed by atoms with Crippen molar-refractivity contribution in [2.45, 2.75) is 31.3 Å². The number of aromatic nitrogens is 3. The summed E-state index contributed by atoms with van der Waals surface area (Å²) >= 11 is 1.32. The van der Waals surface area contributed by atoms with E-state index < -0.39 is 0 Å². The van der Waals surface area contributed by atoms with E-state index in [4.69, 9.17) is 0 Å². The molecule has 0 fully saturated rings. The molecule has 4 aromatic rings. The number of hydrazone groups is 1. The Morgan fingerprint density at radius 2 is 1.59 bits per heavy atom. The van der Waals surface area contributed by atoms with Crippen LogP contribution < -0.4 is 5.43 Å². The fraction of sp³-hybridized carbons (Fsp3) is 0.185. The molecule has 0 bridgehead atoms. The number of hydrogen-bond acceptors (Lipinski definition) is 5. The van der Waals surface area contributed by atoms with Crippen LogP contribution in [0.4, 0.5) is 0 Å². The van der Waals surface area contributed by atoms with Crippen LogP contribution in [0, 0.1) is 0 Å². The number of thioether (sulfide) groups is 1. The fourth-order valence-electron chi connectivity index (χ4n) is 3.36. The molecule has 6 nitrogen and oxygen atoms in total. The van der Waals surface area contributed by atoms with Crippen molar-refractivity contribution < 1.29 is 4.79 Å². The maximum Gasteiger partial charge on any atom is 0.250 e. The Morgan fingerprint density at radius 1 is 0.941 bits per heavy atom. The molecular formula is C27H27N5OS. The fourth-order valence-corrected chi connectivity index (χ4v) is 4.10. The lowest BCUT2D eigenvalue weighted by Crippen LogP contribution is -2.20. The highest BCUT2D eigenvalue weighted by Crippen LogP contribution is 2.27. The first-order valence-electron chi connectivity index (χ1n) is 11.0. The lowest BCUT2D eigenvalue weighted by molar-refractivity contribution is -0.118. The molecule has 172 valence electrons. The van der Waals surface area contributed by atoms with Crippen LogP contribution in [0.3, 0.4) is 0 Å². The Balaban J connectivity index is 1.43. The quantitative estimate of drug-likeness (QED) is 0.221. The first kappa shape index (κ1) is 23.4. The molecule has 1 amide bonds. The lowest BCUT2D eigenvalue weighted by Gasteiger charge is -2.18. The molecule has 1 N–H and O–H groups in total. The van der Waals surface area contributed by atoms with Crippen LogP contribution >= 0.6 is 11.8 Å². The summed E-state index contributed by atoms with van der Waals surface area (Å²) < 4.78 is 1.97. The zero-order valence-electron chi connectivity index (χ0n) is 19.5. The predicted molar refractivity (Wildman–Crippen MR) is 138 cm³/mol. The van der Waals surface area contributed by atoms with Gasteiger partial charge in [0.25, 0.3) is 5.91 Å². The van der Waals surface area contributed by atoms with Crippen molar-refractivity contribution in [3.8, 4) is 17.1 Å². The van der Waals surface area contributed by atoms with Gasteiger partial charge in [-0.3, -0.25) is 9.36 Å². The topological polar surface area (TPSA) is 72.2 Å². The molecule has 0 atom stereocenters. The third kappa shape index (κ3) is 5.80. The number of nitrogens with zero attached hydrogens (tertiary/aromatic N) is 4. The van der Waals surface area contributed by atoms with Gasteiger partial charge in [0.15, 0.2) is 11.0 Å². The van der Waals surface area contributed by atoms with Crippen LogP contribution in [-0.4, -0.2) is 32.6 Å². The van der Waals surface area contributed by atoms with Gasteiger partial charge in [-0.1, -0.05) is 105 Å². The van der Waals surface area contributed by atoms with Crippen molar-refractivity contribution >= 4 is 23.9 Å². The van der Waals surface area contributed by atoms with E-state index >= 15 is 0 Å². The van der Waals surface area contributed by atoms with E-state index in [1.807, 2.05) is 77.4 Å². The summed E-state index contributed by atoms with van der Waals surface area (Å²) in [6.07, 6.45) is 1.65. The second-order valence-electron chi connectivity index (χ2n) is 8.80. The maximum absolute atomic E-state index is 12.4. The molecule has 0 unspecified atom stereocenters. The number of carbonyl (C=O) groups excluding carboxylic acids is 1. The Hall–Kier alpha value is -3.71. The average Bonchev–Trinajstić information content (AvgIpc) is 3.28. The van der Waals surface area contributed by atoms with E-state index in [1.54, 1.807) is 6.21 Å². The van der Waals surface area contributed by atoms with Gasteiger partial charge in [-0.05, 0) is 28.7 Å². The Morgan fingerprint density at radius 3 is 2.24 bits per heavy atom. The highest BCUT2D eigenvalue weighted by molar-refractivity contribution is 7.99. The zero-order chi connectivity index (χ0) is 24.0. The van der Waals surface area contributed by atoms with E-state index in [-0.39, 0.29) is 17.1 Å². The van der Waals surface area contributed by atoms with Crippen LogP contribution in [0.15, 0.2) is 95.2 Å². The minimum atomic E-state index is -0.212. The molecule has 0 aliphatic heterocycles. The molecule has 0 saturated heterocycles. The highest BCUT2D eigenvalue weighted by atomic mass is 32.2. The van der Waals surface area contributed by atoms with Gasteiger partial charge in [0.05, 0.1) is 12.0 Å². The Bertz CT molecular complexity index is 1260. The molecule has 7 heteroatoms. The van der Waals surface area contributed by atoms with Gasteiger partial charge in [0.2, 0.25) is 0 Å². The third-order valence-electron chi connectivity index (χ3n) is 5.19. The summed E-state index contributed by atoms with van der Waals surface area (Å²) in [5, 5.41) is 13.5. The number of para-hydroxylation sites is 1. The molecule has 4 rings (SSSR count). The van der Waals surface area contributed by atoms with Gasteiger partial charge in [-0.2, -0.15) is 5.10 Å². The standard InChI is InChI=1S/C27H27N5OS/c1-27(2,3)22-16-14-20(15-17-22)18-28-29-24(33)19-34-26-31-30-25(21-10-6-4-7-11-21)32(26)23-12-8-5-9-13-23/h4-18H,19H2,1-3H3,(H,29,33)/b28-18-. The molecular weight excluding hydrogens is 442 g/mol. The number of benzene rings is 3. The van der Waals surface area contributed by atoms with E-state index in [1.165, 1.54) is 17.3 Å². The van der Waals surface area contributed by atoms with Crippen molar-refractivity contribution in [3.05, 3.63) is 96.1 Å². The van der Waals surface area contributed by atoms with Gasteiger partial charge in [-0.25, -0.2) is 5.43 Å². The summed E-state index contributed by atoms with van der Waals surface area (Å²) in [6, 6.07) is 27.9. The van der Waals surface area contributed by atoms with Crippen LogP contribution in [-0.2, 0) is 10.2 Å². The molecule has 0 aliphatic carbocycles. The normalized spacial score (nSPS) is 11.6. The smallest absolute Gasteiger partial charge is 0.250 e. The largest absolute Gasteiger partial charge is 0.272 e. The molecule has 0 spiro atoms. The van der Waals surface area contributed by atoms with Gasteiger partial charge in [0, 0.05) is 11.3 Å². The Labute approximate surface area is 204 Å². The first-order chi connectivity index (χ1) is 16.4. The van der Waals surface area contributed by atoms with Crippen LogP contribution in [0.1, 0.15) is 31.9 Å². The van der Waals surface area contributed by atoms with Crippen LogP contribution in [0.2, 0.25) is 0 Å². The van der Waals surface area contributed by atoms with Crippen molar-refractivity contribution in [2.24, 2.45) is 5.10 Å². The zero-order valence-corrected chi connectivity index (χ0v) is 20.3. The van der Waals surface area contributed by atoms with Crippen molar-refractivity contribution in [3.63, 3.8) is 0 Å². The SMILES string of the molecule is CC(C)(C)c1ccc(/C=N\NC(=O)CSc2nnc(-c3ccccc3)n2-c2ccccc2)cc1. The summed E-state index contributed by atoms with van der Waals surface area (Å²) in [5.41, 5.74) is 6.77. The molecule has 1 aromatic heterocycles. The molecule has 1 heterocycles. The lowest BCUT2D eigenvalue weighted by atomic mass is 9.87. The number of nitrogens with one attached hydrogen (secondary N) is 1. The van der Waals surface area contributed by atoms with Gasteiger partial charge in [-0.15, -0.1) is 10.2 Å². The van der Waals surface area contributed by atoms with E-state index in [9.17, 15) is 4.79 Å². The second-order valence-corrected chi connectivity index (χ2v) is 9.74. The summed E-state index contributed by atoms with van der Waals surface area (Å²) in [4.78, 5) is 12.4. The second kappa shape index (κ2) is 10.5. The van der Waals surface area contributed by atoms with Crippen molar-refractivity contribution in [1.82, 2.24) is 20.2 Å². The van der Waals surface area contributed by atoms with Gasteiger partial charge < -0.3 is 0 Å². The number of hydrogen-bond donors (Lipinski definition) is 1. The van der Waals surface area contributed by atoms with Gasteiger partial charge in [0.1, 0.15) is 0 Å². The molecule has 0 radical (unpaired) electrons. The molecule has 3 aromatic carbocycles. The minimum absolute atomic E-state index is 0.0990. The first-order valence-corrected chi connectivity index (χ1v) is 12.0. The molecule has 34 heavy (non-hydrogen) atoms. The number of carbonyl (C=O) groups is 1. The van der Waals surface area contributed by atoms with Crippen LogP contribution in [0.5, 0.6) is 0 Å². The van der Waals surface area contributed by atoms with Crippen LogP contribution in [0.25, 0.3) is 17.1 Å². The minimum Gasteiger partial charge on any atom is -0.272 e. The summed E-state index contributed by atoms with van der Waals surface area (Å²) in [5.74, 6) is 0.683. The highest BCUT2D eigenvalue weighted by Gasteiger charge is 2.17. The number of amides is 1. The van der Waals surface area contributed by atoms with Crippen molar-refractivity contribution in [2.75, 3.05) is 5.75 Å². The number of rotatable bonds is 7. The Kier molecular flexibility index (Phi) is 7.23. The maximum atomic E-state index is 12.4. The van der Waals surface area contributed by atoms with E-state index in [0.717, 1.165) is 22.6 Å². The summed E-state index contributed by atoms with van der Waals surface area (Å²) in [6.45, 7) is 6.53. The predicted octanol–water partition coefficient (Wildman–Crippen LogP) is 5.47. The molecule has 0 aliphatic rings. The van der Waals surface area contributed by atoms with E-state index in [0.29, 0.717) is 5.16 Å². The average molecular weight is 470 g/mol. The third-order valence-corrected chi connectivity index (χ3v) is 6.12. The summed E-state index contributed by atoms with van der Waals surface area (Å²) in [7, 11) is 0. The van der Waals surface area contributed by atoms with E-state index in [2.05, 4.69) is 53.6 Å². The van der Waals surface area contributed by atoms with Gasteiger partial charge >= 0.3 is 0 Å². The molecule has 0 saturated carbocycles.